The van der Waals surface area contributed by atoms with E-state index in [1.54, 1.807) is 6.07 Å². The lowest BCUT2D eigenvalue weighted by Crippen LogP contribution is -2.36. The molecule has 0 saturated carbocycles. The number of rotatable bonds is 12. The van der Waals surface area contributed by atoms with Crippen molar-refractivity contribution in [2.45, 2.75) is 30.8 Å². The van der Waals surface area contributed by atoms with E-state index in [1.165, 1.54) is 11.8 Å². The van der Waals surface area contributed by atoms with Crippen LogP contribution >= 0.6 is 23.4 Å². The first-order valence-electron chi connectivity index (χ1n) is 11.8. The maximum Gasteiger partial charge on any atom is 0.254 e. The van der Waals surface area contributed by atoms with E-state index in [1.807, 2.05) is 68.5 Å². The van der Waals surface area contributed by atoms with Crippen molar-refractivity contribution in [3.63, 3.8) is 0 Å². The first-order valence-corrected chi connectivity index (χ1v) is 13.2. The fourth-order valence-corrected chi connectivity index (χ4v) is 4.58. The fraction of sp³-hybridized carbons (Fsp3) is 0.370. The molecule has 0 aliphatic heterocycles. The molecule has 0 N–H and O–H groups in total. The molecule has 0 fully saturated rings. The number of amides is 1. The highest BCUT2D eigenvalue weighted by Crippen LogP contribution is 2.24. The van der Waals surface area contributed by atoms with Gasteiger partial charge in [0.1, 0.15) is 11.0 Å². The van der Waals surface area contributed by atoms with Crippen LogP contribution in [0.25, 0.3) is 0 Å². The topological polar surface area (TPSA) is 52.6 Å². The van der Waals surface area contributed by atoms with Crippen molar-refractivity contribution < 1.29 is 4.79 Å². The van der Waals surface area contributed by atoms with Crippen LogP contribution in [-0.2, 0) is 12.3 Å². The Morgan fingerprint density at radius 2 is 1.63 bits per heavy atom. The Balaban J connectivity index is 1.66. The lowest BCUT2D eigenvalue weighted by molar-refractivity contribution is 0.0732. The smallest absolute Gasteiger partial charge is 0.254 e. The number of benzene rings is 2. The largest absolute Gasteiger partial charge is 0.360 e. The maximum atomic E-state index is 13.3. The van der Waals surface area contributed by atoms with Crippen molar-refractivity contribution in [2.75, 3.05) is 45.7 Å². The third kappa shape index (κ3) is 8.53. The Morgan fingerprint density at radius 1 is 0.914 bits per heavy atom. The molecule has 0 unspecified atom stereocenters. The van der Waals surface area contributed by atoms with Crippen LogP contribution < -0.4 is 4.90 Å². The number of nitrogens with zero attached hydrogens (tertiary/aromatic N) is 5. The van der Waals surface area contributed by atoms with Crippen molar-refractivity contribution in [3.05, 3.63) is 82.5 Å². The average Bonchev–Trinajstić information content (AvgIpc) is 2.85. The first-order chi connectivity index (χ1) is 16.9. The molecule has 0 saturated heterocycles. The summed E-state index contributed by atoms with van der Waals surface area (Å²) in [7, 11) is 6.05. The van der Waals surface area contributed by atoms with Gasteiger partial charge in [0.15, 0.2) is 5.16 Å². The number of likely N-dealkylation sites (N-methyl/N-ethyl adjacent to an activating group) is 1. The van der Waals surface area contributed by atoms with E-state index in [2.05, 4.69) is 38.8 Å². The van der Waals surface area contributed by atoms with E-state index in [4.69, 9.17) is 11.6 Å². The van der Waals surface area contributed by atoms with E-state index in [0.717, 1.165) is 36.5 Å². The molecular formula is C27H34ClN5OS. The summed E-state index contributed by atoms with van der Waals surface area (Å²) in [6, 6.07) is 19.7. The molecule has 0 spiro atoms. The zero-order valence-electron chi connectivity index (χ0n) is 20.9. The summed E-state index contributed by atoms with van der Waals surface area (Å²) < 4.78 is 0. The van der Waals surface area contributed by atoms with E-state index >= 15 is 0 Å². The van der Waals surface area contributed by atoms with Crippen molar-refractivity contribution in [3.8, 4) is 0 Å². The highest BCUT2D eigenvalue weighted by Gasteiger charge is 2.17. The summed E-state index contributed by atoms with van der Waals surface area (Å²) in [6.07, 6.45) is 1.03. The standard InChI is InChI=1S/C27H34ClN5OS/c1-5-15-32(4)25-18-24(28)29-27(30-25)35-20-22-11-13-23(14-12-22)26(34)33(17-16-31(2)3)19-21-9-7-6-8-10-21/h6-14,18H,5,15-17,19-20H2,1-4H3. The van der Waals surface area contributed by atoms with Crippen LogP contribution in [-0.4, -0.2) is 66.5 Å². The van der Waals surface area contributed by atoms with Gasteiger partial charge < -0.3 is 14.7 Å². The van der Waals surface area contributed by atoms with Gasteiger partial charge in [-0.1, -0.05) is 72.8 Å². The second-order valence-electron chi connectivity index (χ2n) is 8.75. The van der Waals surface area contributed by atoms with Gasteiger partial charge in [0.25, 0.3) is 5.91 Å². The summed E-state index contributed by atoms with van der Waals surface area (Å²) in [4.78, 5) is 28.4. The van der Waals surface area contributed by atoms with Gasteiger partial charge in [-0.25, -0.2) is 9.97 Å². The molecule has 1 aromatic heterocycles. The SMILES string of the molecule is CCCN(C)c1cc(Cl)nc(SCc2ccc(C(=O)N(CCN(C)C)Cc3ccccc3)cc2)n1. The van der Waals surface area contributed by atoms with Gasteiger partial charge >= 0.3 is 0 Å². The van der Waals surface area contributed by atoms with Crippen molar-refractivity contribution in [1.29, 1.82) is 0 Å². The van der Waals surface area contributed by atoms with Crippen LogP contribution in [0.4, 0.5) is 5.82 Å². The van der Waals surface area contributed by atoms with Crippen LogP contribution in [0.2, 0.25) is 5.15 Å². The molecule has 0 aliphatic carbocycles. The number of carbonyl (C=O) groups excluding carboxylic acids is 1. The molecule has 3 rings (SSSR count). The van der Waals surface area contributed by atoms with Gasteiger partial charge in [-0.3, -0.25) is 4.79 Å². The van der Waals surface area contributed by atoms with Gasteiger partial charge in [-0.15, -0.1) is 0 Å². The van der Waals surface area contributed by atoms with Crippen molar-refractivity contribution in [1.82, 2.24) is 19.8 Å². The van der Waals surface area contributed by atoms with E-state index < -0.39 is 0 Å². The predicted octanol–water partition coefficient (Wildman–Crippen LogP) is 5.47. The van der Waals surface area contributed by atoms with E-state index in [9.17, 15) is 4.79 Å². The summed E-state index contributed by atoms with van der Waals surface area (Å²) in [5.41, 5.74) is 2.91. The predicted molar refractivity (Wildman–Crippen MR) is 146 cm³/mol. The third-order valence-electron chi connectivity index (χ3n) is 5.50. The van der Waals surface area contributed by atoms with Crippen molar-refractivity contribution >= 4 is 35.1 Å². The number of anilines is 1. The number of aromatic nitrogens is 2. The zero-order chi connectivity index (χ0) is 25.2. The van der Waals surface area contributed by atoms with Crippen molar-refractivity contribution in [2.24, 2.45) is 0 Å². The highest BCUT2D eigenvalue weighted by atomic mass is 35.5. The van der Waals surface area contributed by atoms with Crippen LogP contribution in [0.1, 0.15) is 34.8 Å². The molecule has 2 aromatic carbocycles. The Morgan fingerprint density at radius 3 is 2.29 bits per heavy atom. The second kappa shape index (κ2) is 13.5. The summed E-state index contributed by atoms with van der Waals surface area (Å²) in [5.74, 6) is 1.56. The fourth-order valence-electron chi connectivity index (χ4n) is 3.55. The highest BCUT2D eigenvalue weighted by molar-refractivity contribution is 7.98. The molecule has 3 aromatic rings. The second-order valence-corrected chi connectivity index (χ2v) is 10.1. The first kappa shape index (κ1) is 27.0. The minimum Gasteiger partial charge on any atom is -0.360 e. The van der Waals surface area contributed by atoms with Gasteiger partial charge in [-0.05, 0) is 43.8 Å². The Hall–Kier alpha value is -2.61. The monoisotopic (exact) mass is 511 g/mol. The number of halogens is 1. The number of carbonyl (C=O) groups is 1. The Labute approximate surface area is 218 Å². The van der Waals surface area contributed by atoms with Crippen LogP contribution in [0.5, 0.6) is 0 Å². The normalized spacial score (nSPS) is 11.0. The Kier molecular flexibility index (Phi) is 10.4. The summed E-state index contributed by atoms with van der Waals surface area (Å²) in [6.45, 7) is 5.10. The number of thioether (sulfide) groups is 1. The molecule has 186 valence electrons. The van der Waals surface area contributed by atoms with E-state index in [-0.39, 0.29) is 5.91 Å². The van der Waals surface area contributed by atoms with Gasteiger partial charge in [0, 0.05) is 50.6 Å². The molecule has 1 amide bonds. The Bertz CT molecular complexity index is 1080. The minimum absolute atomic E-state index is 0.0386. The number of hydrogen-bond donors (Lipinski definition) is 0. The number of hydrogen-bond acceptors (Lipinski definition) is 6. The van der Waals surface area contributed by atoms with Gasteiger partial charge in [-0.2, -0.15) is 0 Å². The average molecular weight is 512 g/mol. The lowest BCUT2D eigenvalue weighted by Gasteiger charge is -2.25. The van der Waals surface area contributed by atoms with Gasteiger partial charge in [0.05, 0.1) is 0 Å². The van der Waals surface area contributed by atoms with Crippen LogP contribution in [0, 0.1) is 0 Å². The molecule has 0 aliphatic rings. The van der Waals surface area contributed by atoms with Crippen LogP contribution in [0.3, 0.4) is 0 Å². The molecule has 0 radical (unpaired) electrons. The molecule has 6 nitrogen and oxygen atoms in total. The lowest BCUT2D eigenvalue weighted by atomic mass is 10.1. The minimum atomic E-state index is 0.0386. The molecule has 1 heterocycles. The zero-order valence-corrected chi connectivity index (χ0v) is 22.5. The summed E-state index contributed by atoms with van der Waals surface area (Å²) in [5, 5.41) is 1.09. The molecule has 0 atom stereocenters. The maximum absolute atomic E-state index is 13.3. The molecule has 35 heavy (non-hydrogen) atoms. The molecular weight excluding hydrogens is 478 g/mol. The molecule has 0 bridgehead atoms. The van der Waals surface area contributed by atoms with Crippen LogP contribution in [0.15, 0.2) is 65.8 Å². The summed E-state index contributed by atoms with van der Waals surface area (Å²) >= 11 is 7.76. The van der Waals surface area contributed by atoms with E-state index in [0.29, 0.717) is 34.7 Å². The quantitative estimate of drug-likeness (QED) is 0.182. The molecule has 8 heteroatoms. The van der Waals surface area contributed by atoms with Gasteiger partial charge in [0.2, 0.25) is 0 Å². The third-order valence-corrected chi connectivity index (χ3v) is 6.61.